The fourth-order valence-corrected chi connectivity index (χ4v) is 2.36. The summed E-state index contributed by atoms with van der Waals surface area (Å²) in [7, 11) is 0. The summed E-state index contributed by atoms with van der Waals surface area (Å²) < 4.78 is 19.7. The molecule has 0 saturated heterocycles. The smallest absolute Gasteiger partial charge is 0.146 e. The van der Waals surface area contributed by atoms with E-state index in [-0.39, 0.29) is 11.1 Å². The fourth-order valence-electron chi connectivity index (χ4n) is 1.82. The van der Waals surface area contributed by atoms with Gasteiger partial charge in [0, 0.05) is 10.5 Å². The first kappa shape index (κ1) is 15.3. The lowest BCUT2D eigenvalue weighted by Crippen LogP contribution is -2.18. The Hall–Kier alpha value is -1.10. The van der Waals surface area contributed by atoms with E-state index in [4.69, 9.17) is 22.1 Å². The van der Waals surface area contributed by atoms with E-state index in [2.05, 4.69) is 15.9 Å². The lowest BCUT2D eigenvalue weighted by molar-refractivity contribution is 0.472. The van der Waals surface area contributed by atoms with Crippen LogP contribution in [0.5, 0.6) is 11.5 Å². The summed E-state index contributed by atoms with van der Waals surface area (Å²) in [5.74, 6) is 0.676. The SMILES string of the molecule is CC(N)Cc1ccc(Br)cc1Oc1ccc(F)cc1Cl. The molecule has 1 atom stereocenters. The summed E-state index contributed by atoms with van der Waals surface area (Å²) in [6, 6.07) is 9.77. The maximum atomic E-state index is 13.0. The molecule has 0 saturated carbocycles. The number of hydrogen-bond donors (Lipinski definition) is 1. The highest BCUT2D eigenvalue weighted by atomic mass is 79.9. The van der Waals surface area contributed by atoms with Crippen LogP contribution in [0.1, 0.15) is 12.5 Å². The number of rotatable bonds is 4. The number of hydrogen-bond acceptors (Lipinski definition) is 2. The van der Waals surface area contributed by atoms with Crippen molar-refractivity contribution in [2.24, 2.45) is 5.73 Å². The molecule has 2 aromatic rings. The molecule has 0 aliphatic carbocycles. The third-order valence-corrected chi connectivity index (χ3v) is 3.47. The summed E-state index contributed by atoms with van der Waals surface area (Å²) in [6.07, 6.45) is 0.682. The first-order valence-electron chi connectivity index (χ1n) is 6.12. The molecule has 1 unspecified atom stereocenters. The van der Waals surface area contributed by atoms with Gasteiger partial charge in [-0.1, -0.05) is 33.6 Å². The van der Waals surface area contributed by atoms with Crippen molar-refractivity contribution < 1.29 is 9.13 Å². The third-order valence-electron chi connectivity index (χ3n) is 2.68. The molecule has 0 aliphatic rings. The largest absolute Gasteiger partial charge is 0.455 e. The monoisotopic (exact) mass is 357 g/mol. The van der Waals surface area contributed by atoms with Crippen LogP contribution in [0.25, 0.3) is 0 Å². The van der Waals surface area contributed by atoms with Crippen LogP contribution in [-0.2, 0) is 6.42 Å². The van der Waals surface area contributed by atoms with E-state index >= 15 is 0 Å². The van der Waals surface area contributed by atoms with Crippen LogP contribution >= 0.6 is 27.5 Å². The van der Waals surface area contributed by atoms with E-state index in [1.54, 1.807) is 0 Å². The van der Waals surface area contributed by atoms with Crippen molar-refractivity contribution in [2.45, 2.75) is 19.4 Å². The Bertz CT molecular complexity index is 619. The van der Waals surface area contributed by atoms with Gasteiger partial charge in [-0.15, -0.1) is 0 Å². The van der Waals surface area contributed by atoms with Gasteiger partial charge in [0.1, 0.15) is 17.3 Å². The zero-order valence-electron chi connectivity index (χ0n) is 10.9. The van der Waals surface area contributed by atoms with Crippen LogP contribution in [0.4, 0.5) is 4.39 Å². The van der Waals surface area contributed by atoms with Gasteiger partial charge in [0.05, 0.1) is 5.02 Å². The molecular formula is C15H14BrClFNO. The Morgan fingerprint density at radius 2 is 2.00 bits per heavy atom. The molecule has 5 heteroatoms. The molecule has 0 heterocycles. The van der Waals surface area contributed by atoms with Crippen molar-refractivity contribution in [3.8, 4) is 11.5 Å². The second kappa shape index (κ2) is 6.57. The molecule has 0 bridgehead atoms. The van der Waals surface area contributed by atoms with Crippen molar-refractivity contribution >= 4 is 27.5 Å². The predicted molar refractivity (Wildman–Crippen MR) is 83.0 cm³/mol. The second-order valence-corrected chi connectivity index (χ2v) is 5.93. The number of ether oxygens (including phenoxy) is 1. The van der Waals surface area contributed by atoms with Crippen LogP contribution in [0.3, 0.4) is 0 Å². The maximum absolute atomic E-state index is 13.0. The maximum Gasteiger partial charge on any atom is 0.146 e. The van der Waals surface area contributed by atoms with Gasteiger partial charge in [-0.3, -0.25) is 0 Å². The molecular weight excluding hydrogens is 345 g/mol. The molecule has 106 valence electrons. The van der Waals surface area contributed by atoms with E-state index in [1.807, 2.05) is 25.1 Å². The highest BCUT2D eigenvalue weighted by molar-refractivity contribution is 9.10. The quantitative estimate of drug-likeness (QED) is 0.841. The average Bonchev–Trinajstić information content (AvgIpc) is 2.35. The average molecular weight is 359 g/mol. The van der Waals surface area contributed by atoms with Crippen LogP contribution in [0.2, 0.25) is 5.02 Å². The Morgan fingerprint density at radius 1 is 1.25 bits per heavy atom. The van der Waals surface area contributed by atoms with Gasteiger partial charge in [0.25, 0.3) is 0 Å². The topological polar surface area (TPSA) is 35.2 Å². The Balaban J connectivity index is 2.34. The van der Waals surface area contributed by atoms with Crippen LogP contribution in [0.15, 0.2) is 40.9 Å². The summed E-state index contributed by atoms with van der Waals surface area (Å²) in [6.45, 7) is 1.93. The first-order chi connectivity index (χ1) is 9.45. The molecule has 0 amide bonds. The van der Waals surface area contributed by atoms with Gasteiger partial charge in [0.2, 0.25) is 0 Å². The van der Waals surface area contributed by atoms with Crippen molar-refractivity contribution in [3.63, 3.8) is 0 Å². The molecule has 0 spiro atoms. The zero-order chi connectivity index (χ0) is 14.7. The van der Waals surface area contributed by atoms with Crippen LogP contribution in [0, 0.1) is 5.82 Å². The van der Waals surface area contributed by atoms with E-state index < -0.39 is 5.82 Å². The van der Waals surface area contributed by atoms with Gasteiger partial charge in [0.15, 0.2) is 0 Å². The van der Waals surface area contributed by atoms with Gasteiger partial charge in [-0.2, -0.15) is 0 Å². The third kappa shape index (κ3) is 3.95. The highest BCUT2D eigenvalue weighted by Crippen LogP contribution is 2.33. The minimum Gasteiger partial charge on any atom is -0.455 e. The highest BCUT2D eigenvalue weighted by Gasteiger charge is 2.10. The van der Waals surface area contributed by atoms with Gasteiger partial charge >= 0.3 is 0 Å². The van der Waals surface area contributed by atoms with Crippen LogP contribution in [-0.4, -0.2) is 6.04 Å². The normalized spacial score (nSPS) is 12.2. The van der Waals surface area contributed by atoms with E-state index in [1.165, 1.54) is 18.2 Å². The number of benzene rings is 2. The fraction of sp³-hybridized carbons (Fsp3) is 0.200. The molecule has 0 aliphatic heterocycles. The van der Waals surface area contributed by atoms with E-state index in [0.29, 0.717) is 17.9 Å². The summed E-state index contributed by atoms with van der Waals surface area (Å²) >= 11 is 9.38. The Kier molecular flexibility index (Phi) is 5.02. The Labute approximate surface area is 130 Å². The van der Waals surface area contributed by atoms with Crippen molar-refractivity contribution in [1.82, 2.24) is 0 Å². The van der Waals surface area contributed by atoms with Gasteiger partial charge in [-0.05, 0) is 49.2 Å². The molecule has 2 aromatic carbocycles. The van der Waals surface area contributed by atoms with Crippen molar-refractivity contribution in [1.29, 1.82) is 0 Å². The lowest BCUT2D eigenvalue weighted by Gasteiger charge is -2.14. The number of halogens is 3. The number of nitrogens with two attached hydrogens (primary N) is 1. The molecule has 0 aromatic heterocycles. The molecule has 20 heavy (non-hydrogen) atoms. The van der Waals surface area contributed by atoms with E-state index in [0.717, 1.165) is 10.0 Å². The van der Waals surface area contributed by atoms with Crippen molar-refractivity contribution in [3.05, 3.63) is 57.3 Å². The summed E-state index contributed by atoms with van der Waals surface area (Å²) in [5, 5.41) is 0.233. The minimum atomic E-state index is -0.396. The van der Waals surface area contributed by atoms with Gasteiger partial charge < -0.3 is 10.5 Å². The molecule has 2 rings (SSSR count). The second-order valence-electron chi connectivity index (χ2n) is 4.61. The summed E-state index contributed by atoms with van der Waals surface area (Å²) in [5.41, 5.74) is 6.81. The lowest BCUT2D eigenvalue weighted by atomic mass is 10.1. The van der Waals surface area contributed by atoms with E-state index in [9.17, 15) is 4.39 Å². The van der Waals surface area contributed by atoms with Crippen LogP contribution < -0.4 is 10.5 Å². The molecule has 0 fully saturated rings. The molecule has 2 N–H and O–H groups in total. The summed E-state index contributed by atoms with van der Waals surface area (Å²) in [4.78, 5) is 0. The molecule has 2 nitrogen and oxygen atoms in total. The predicted octanol–water partition coefficient (Wildman–Crippen LogP) is 4.92. The standard InChI is InChI=1S/C15H14BrClFNO/c1-9(19)6-10-2-3-11(16)7-15(10)20-14-5-4-12(18)8-13(14)17/h2-5,7-9H,6,19H2,1H3. The zero-order valence-corrected chi connectivity index (χ0v) is 13.2. The first-order valence-corrected chi connectivity index (χ1v) is 7.29. The Morgan fingerprint density at radius 3 is 2.65 bits per heavy atom. The van der Waals surface area contributed by atoms with Crippen molar-refractivity contribution in [2.75, 3.05) is 0 Å². The van der Waals surface area contributed by atoms with Gasteiger partial charge in [-0.25, -0.2) is 4.39 Å². The molecule has 0 radical (unpaired) electrons. The minimum absolute atomic E-state index is 0.0159.